The van der Waals surface area contributed by atoms with Gasteiger partial charge in [0.25, 0.3) is 0 Å². The average molecular weight is 351 g/mol. The third-order valence-corrected chi connectivity index (χ3v) is 4.47. The minimum absolute atomic E-state index is 0.0494. The van der Waals surface area contributed by atoms with Gasteiger partial charge in [0.2, 0.25) is 5.91 Å². The molecule has 3 rings (SSSR count). The molecule has 0 bridgehead atoms. The number of rotatable bonds is 5. The van der Waals surface area contributed by atoms with Crippen LogP contribution >= 0.6 is 0 Å². The third-order valence-electron chi connectivity index (χ3n) is 4.47. The van der Waals surface area contributed by atoms with Crippen molar-refractivity contribution in [2.75, 3.05) is 5.32 Å². The Bertz CT molecular complexity index is 1010. The summed E-state index contributed by atoms with van der Waals surface area (Å²) in [4.78, 5) is 24.2. The van der Waals surface area contributed by atoms with Crippen molar-refractivity contribution in [3.8, 4) is 5.75 Å². The molecule has 0 aliphatic heterocycles. The Morgan fingerprint density at radius 2 is 1.92 bits per heavy atom. The van der Waals surface area contributed by atoms with Crippen LogP contribution in [0, 0.1) is 0 Å². The first-order chi connectivity index (χ1) is 12.5. The highest BCUT2D eigenvalue weighted by Crippen LogP contribution is 2.36. The van der Waals surface area contributed by atoms with Gasteiger partial charge in [-0.3, -0.25) is 4.79 Å². The highest BCUT2D eigenvalue weighted by atomic mass is 16.4. The predicted molar refractivity (Wildman–Crippen MR) is 102 cm³/mol. The van der Waals surface area contributed by atoms with E-state index in [1.165, 1.54) is 0 Å². The molecule has 0 spiro atoms. The Labute approximate surface area is 151 Å². The summed E-state index contributed by atoms with van der Waals surface area (Å²) >= 11 is 0. The van der Waals surface area contributed by atoms with Gasteiger partial charge < -0.3 is 14.8 Å². The fourth-order valence-corrected chi connectivity index (χ4v) is 3.14. The van der Waals surface area contributed by atoms with Gasteiger partial charge in [0.15, 0.2) is 0 Å². The molecule has 26 heavy (non-hydrogen) atoms. The molecule has 5 nitrogen and oxygen atoms in total. The van der Waals surface area contributed by atoms with E-state index in [4.69, 9.17) is 4.42 Å². The zero-order valence-electron chi connectivity index (χ0n) is 14.8. The molecule has 1 aromatic heterocycles. The van der Waals surface area contributed by atoms with Gasteiger partial charge in [-0.15, -0.1) is 0 Å². The molecular formula is C21H21NO4. The summed E-state index contributed by atoms with van der Waals surface area (Å²) in [6, 6.07) is 14.2. The summed E-state index contributed by atoms with van der Waals surface area (Å²) in [5, 5.41) is 14.0. The fourth-order valence-electron chi connectivity index (χ4n) is 3.14. The monoisotopic (exact) mass is 351 g/mol. The zero-order valence-corrected chi connectivity index (χ0v) is 14.8. The molecule has 2 aromatic carbocycles. The minimum atomic E-state index is -0.545. The van der Waals surface area contributed by atoms with Crippen molar-refractivity contribution in [3.05, 3.63) is 70.1 Å². The van der Waals surface area contributed by atoms with Crippen molar-refractivity contribution >= 4 is 22.6 Å². The van der Waals surface area contributed by atoms with Crippen LogP contribution in [0.2, 0.25) is 0 Å². The second kappa shape index (κ2) is 7.44. The largest absolute Gasteiger partial charge is 0.507 e. The molecule has 3 aromatic rings. The standard InChI is InChI=1S/C21H21NO4/c1-3-15(13-8-7-9-14(12-13)22-18(23)4-2)19-20(24)16-10-5-6-11-17(16)26-21(19)25/h5-12,15,24H,3-4H2,1-2H3,(H,22,23). The van der Waals surface area contributed by atoms with E-state index in [0.29, 0.717) is 29.5 Å². The predicted octanol–water partition coefficient (Wildman–Crippen LogP) is 4.39. The van der Waals surface area contributed by atoms with Crippen LogP contribution in [-0.4, -0.2) is 11.0 Å². The summed E-state index contributed by atoms with van der Waals surface area (Å²) in [6.45, 7) is 3.72. The highest BCUT2D eigenvalue weighted by Gasteiger charge is 2.23. The van der Waals surface area contributed by atoms with Crippen LogP contribution in [0.3, 0.4) is 0 Å². The Morgan fingerprint density at radius 3 is 2.65 bits per heavy atom. The van der Waals surface area contributed by atoms with Gasteiger partial charge in [0.05, 0.1) is 10.9 Å². The van der Waals surface area contributed by atoms with Crippen LogP contribution in [0.5, 0.6) is 5.75 Å². The number of hydrogen-bond acceptors (Lipinski definition) is 4. The zero-order chi connectivity index (χ0) is 18.7. The molecule has 1 heterocycles. The molecule has 0 saturated heterocycles. The molecule has 0 radical (unpaired) electrons. The lowest BCUT2D eigenvalue weighted by atomic mass is 9.88. The van der Waals surface area contributed by atoms with Crippen molar-refractivity contribution in [1.82, 2.24) is 0 Å². The number of anilines is 1. The van der Waals surface area contributed by atoms with E-state index in [2.05, 4.69) is 5.32 Å². The van der Waals surface area contributed by atoms with E-state index >= 15 is 0 Å². The maximum Gasteiger partial charge on any atom is 0.343 e. The number of carbonyl (C=O) groups excluding carboxylic acids is 1. The maximum absolute atomic E-state index is 12.5. The summed E-state index contributed by atoms with van der Waals surface area (Å²) in [5.41, 5.74) is 1.55. The molecule has 1 amide bonds. The summed E-state index contributed by atoms with van der Waals surface area (Å²) < 4.78 is 5.40. The van der Waals surface area contributed by atoms with Crippen LogP contribution < -0.4 is 10.9 Å². The van der Waals surface area contributed by atoms with E-state index in [0.717, 1.165) is 5.56 Å². The lowest BCUT2D eigenvalue weighted by Crippen LogP contribution is -2.14. The van der Waals surface area contributed by atoms with Crippen molar-refractivity contribution in [2.24, 2.45) is 0 Å². The van der Waals surface area contributed by atoms with Gasteiger partial charge in [0, 0.05) is 18.0 Å². The number of carbonyl (C=O) groups is 1. The first-order valence-corrected chi connectivity index (χ1v) is 8.69. The summed E-state index contributed by atoms with van der Waals surface area (Å²) in [5.74, 6) is -0.468. The number of aromatic hydroxyl groups is 1. The van der Waals surface area contributed by atoms with Crippen LogP contribution in [-0.2, 0) is 4.79 Å². The molecule has 134 valence electrons. The lowest BCUT2D eigenvalue weighted by molar-refractivity contribution is -0.115. The molecule has 0 aliphatic rings. The van der Waals surface area contributed by atoms with Crippen molar-refractivity contribution < 1.29 is 14.3 Å². The van der Waals surface area contributed by atoms with E-state index in [9.17, 15) is 14.7 Å². The minimum Gasteiger partial charge on any atom is -0.507 e. The number of para-hydroxylation sites is 1. The van der Waals surface area contributed by atoms with Gasteiger partial charge >= 0.3 is 5.63 Å². The van der Waals surface area contributed by atoms with Gasteiger partial charge in [-0.05, 0) is 36.2 Å². The van der Waals surface area contributed by atoms with Crippen LogP contribution in [0.15, 0.2) is 57.7 Å². The summed E-state index contributed by atoms with van der Waals surface area (Å²) in [6.07, 6.45) is 0.984. The second-order valence-corrected chi connectivity index (χ2v) is 6.14. The molecule has 0 aliphatic carbocycles. The number of amides is 1. The second-order valence-electron chi connectivity index (χ2n) is 6.14. The van der Waals surface area contributed by atoms with Crippen molar-refractivity contribution in [1.29, 1.82) is 0 Å². The van der Waals surface area contributed by atoms with Crippen LogP contribution in [0.1, 0.15) is 43.7 Å². The topological polar surface area (TPSA) is 79.5 Å². The third kappa shape index (κ3) is 3.33. The van der Waals surface area contributed by atoms with Gasteiger partial charge in [-0.2, -0.15) is 0 Å². The first-order valence-electron chi connectivity index (χ1n) is 8.69. The van der Waals surface area contributed by atoms with Gasteiger partial charge in [0.1, 0.15) is 11.3 Å². The lowest BCUT2D eigenvalue weighted by Gasteiger charge is -2.18. The van der Waals surface area contributed by atoms with E-state index in [-0.39, 0.29) is 23.1 Å². The summed E-state index contributed by atoms with van der Waals surface area (Å²) in [7, 11) is 0. The Kier molecular flexibility index (Phi) is 5.07. The molecular weight excluding hydrogens is 330 g/mol. The van der Waals surface area contributed by atoms with E-state index in [1.807, 2.05) is 25.1 Å². The first kappa shape index (κ1) is 17.7. The molecule has 5 heteroatoms. The number of hydrogen-bond donors (Lipinski definition) is 2. The van der Waals surface area contributed by atoms with E-state index < -0.39 is 5.63 Å². The Morgan fingerprint density at radius 1 is 1.15 bits per heavy atom. The number of fused-ring (bicyclic) bond motifs is 1. The molecule has 1 atom stereocenters. The quantitative estimate of drug-likeness (QED) is 0.668. The SMILES string of the molecule is CCC(=O)Nc1cccc(C(CC)c2c(O)c3ccccc3oc2=O)c1. The molecule has 0 saturated carbocycles. The number of benzene rings is 2. The molecule has 2 N–H and O–H groups in total. The van der Waals surface area contributed by atoms with Crippen molar-refractivity contribution in [3.63, 3.8) is 0 Å². The number of nitrogens with one attached hydrogen (secondary N) is 1. The average Bonchev–Trinajstić information content (AvgIpc) is 2.65. The highest BCUT2D eigenvalue weighted by molar-refractivity contribution is 5.90. The maximum atomic E-state index is 12.5. The van der Waals surface area contributed by atoms with Gasteiger partial charge in [-0.1, -0.05) is 38.1 Å². The molecule has 0 fully saturated rings. The van der Waals surface area contributed by atoms with Gasteiger partial charge in [-0.25, -0.2) is 4.79 Å². The Balaban J connectivity index is 2.10. The van der Waals surface area contributed by atoms with E-state index in [1.54, 1.807) is 37.3 Å². The smallest absolute Gasteiger partial charge is 0.343 e. The molecule has 1 unspecified atom stereocenters. The van der Waals surface area contributed by atoms with Crippen LogP contribution in [0.25, 0.3) is 11.0 Å². The normalized spacial score (nSPS) is 12.1. The van der Waals surface area contributed by atoms with Crippen molar-refractivity contribution in [2.45, 2.75) is 32.6 Å². The fraction of sp³-hybridized carbons (Fsp3) is 0.238. The van der Waals surface area contributed by atoms with Crippen LogP contribution in [0.4, 0.5) is 5.69 Å². The Hall–Kier alpha value is -3.08.